The molecule has 3 aromatic rings. The van der Waals surface area contributed by atoms with Gasteiger partial charge in [-0.1, -0.05) is 18.2 Å². The zero-order chi connectivity index (χ0) is 25.5. The third-order valence-electron chi connectivity index (χ3n) is 7.08. The molecule has 0 bridgehead atoms. The lowest BCUT2D eigenvalue weighted by Gasteiger charge is -2.34. The van der Waals surface area contributed by atoms with Gasteiger partial charge in [0.2, 0.25) is 6.04 Å². The van der Waals surface area contributed by atoms with E-state index in [9.17, 15) is 9.18 Å². The Balaban J connectivity index is 1.44. The molecule has 0 saturated carbocycles. The number of nitrogens with zero attached hydrogens (tertiary/aromatic N) is 2. The number of ether oxygens (including phenoxy) is 3. The Hall–Kier alpha value is -4.18. The molecule has 2 aromatic heterocycles. The monoisotopic (exact) mass is 504 g/mol. The summed E-state index contributed by atoms with van der Waals surface area (Å²) in [5, 5.41) is 6.31. The Labute approximate surface area is 213 Å². The molecule has 2 aliphatic heterocycles. The van der Waals surface area contributed by atoms with E-state index in [1.165, 1.54) is 13.2 Å². The molecule has 3 N–H and O–H groups in total. The molecule has 9 nitrogen and oxygen atoms in total. The maximum Gasteiger partial charge on any atom is 0.255 e. The summed E-state index contributed by atoms with van der Waals surface area (Å²) in [5.41, 5.74) is 3.55. The molecule has 10 heteroatoms. The van der Waals surface area contributed by atoms with Crippen LogP contribution in [0.4, 0.5) is 15.8 Å². The van der Waals surface area contributed by atoms with Crippen molar-refractivity contribution in [2.24, 2.45) is 0 Å². The number of aromatic amines is 1. The van der Waals surface area contributed by atoms with Gasteiger partial charge in [0.25, 0.3) is 5.91 Å². The minimum Gasteiger partial charge on any atom is -0.492 e. The third-order valence-corrected chi connectivity index (χ3v) is 7.08. The fourth-order valence-electron chi connectivity index (χ4n) is 4.95. The number of aromatic nitrogens is 2. The van der Waals surface area contributed by atoms with Crippen LogP contribution in [-0.4, -0.2) is 72.7 Å². The fraction of sp³-hybridized carbons (Fsp3) is 0.296. The summed E-state index contributed by atoms with van der Waals surface area (Å²) in [4.78, 5) is 21.0. The first-order valence-electron chi connectivity index (χ1n) is 12.1. The normalized spacial score (nSPS) is 21.8. The number of hydrogen-bond acceptors (Lipinski definition) is 6. The van der Waals surface area contributed by atoms with Crippen molar-refractivity contribution in [2.45, 2.75) is 18.0 Å². The largest absolute Gasteiger partial charge is 0.492 e. The Morgan fingerprint density at radius 1 is 1.30 bits per heavy atom. The van der Waals surface area contributed by atoms with E-state index in [1.54, 1.807) is 24.5 Å². The van der Waals surface area contributed by atoms with E-state index in [0.717, 1.165) is 11.3 Å². The molecule has 4 heterocycles. The molecular weight excluding hydrogens is 477 g/mol. The van der Waals surface area contributed by atoms with Crippen molar-refractivity contribution in [3.63, 3.8) is 0 Å². The molecule has 1 amide bonds. The number of nitrogens with one attached hydrogen (secondary N) is 3. The third kappa shape index (κ3) is 4.03. The van der Waals surface area contributed by atoms with Gasteiger partial charge < -0.3 is 29.8 Å². The van der Waals surface area contributed by atoms with E-state index in [2.05, 4.69) is 31.3 Å². The first-order chi connectivity index (χ1) is 18.0. The van der Waals surface area contributed by atoms with E-state index < -0.39 is 5.82 Å². The van der Waals surface area contributed by atoms with Crippen LogP contribution in [-0.2, 0) is 4.74 Å². The van der Waals surface area contributed by atoms with Crippen molar-refractivity contribution in [1.29, 1.82) is 0 Å². The van der Waals surface area contributed by atoms with Crippen LogP contribution in [0.3, 0.4) is 0 Å². The maximum atomic E-state index is 14.5. The van der Waals surface area contributed by atoms with Crippen LogP contribution in [0.15, 0.2) is 48.8 Å². The lowest BCUT2D eigenvalue weighted by atomic mass is 9.81. The van der Waals surface area contributed by atoms with Gasteiger partial charge in [0, 0.05) is 23.4 Å². The van der Waals surface area contributed by atoms with Crippen molar-refractivity contribution in [1.82, 2.24) is 15.3 Å². The number of H-pyrrole nitrogens is 1. The number of rotatable bonds is 7. The van der Waals surface area contributed by atoms with Crippen molar-refractivity contribution < 1.29 is 28.0 Å². The van der Waals surface area contributed by atoms with Gasteiger partial charge in [0.1, 0.15) is 26.0 Å². The number of hydrogen-bond donors (Lipinski definition) is 3. The molecule has 190 valence electrons. The Morgan fingerprint density at radius 2 is 2.19 bits per heavy atom. The molecule has 3 aliphatic rings. The lowest BCUT2D eigenvalue weighted by Crippen LogP contribution is -2.46. The van der Waals surface area contributed by atoms with E-state index in [0.29, 0.717) is 48.2 Å². The maximum absolute atomic E-state index is 14.5. The molecule has 6 rings (SSSR count). The van der Waals surface area contributed by atoms with Crippen molar-refractivity contribution in [3.05, 3.63) is 65.9 Å². The number of carbonyl (C=O) groups is 1. The molecule has 1 aromatic carbocycles. The molecule has 0 saturated heterocycles. The predicted octanol–water partition coefficient (Wildman–Crippen LogP) is 3.22. The molecule has 1 aliphatic carbocycles. The van der Waals surface area contributed by atoms with Gasteiger partial charge in [-0.15, -0.1) is 0 Å². The Morgan fingerprint density at radius 3 is 2.97 bits per heavy atom. The summed E-state index contributed by atoms with van der Waals surface area (Å²) in [6.45, 7) is 1.53. The van der Waals surface area contributed by atoms with Crippen molar-refractivity contribution >= 4 is 23.5 Å². The van der Waals surface area contributed by atoms with Gasteiger partial charge in [-0.25, -0.2) is 8.97 Å². The number of methoxy groups -OCH3 is 1. The smallest absolute Gasteiger partial charge is 0.255 e. The summed E-state index contributed by atoms with van der Waals surface area (Å²) in [6, 6.07) is 6.45. The molecule has 0 fully saturated rings. The number of anilines is 2. The lowest BCUT2D eigenvalue weighted by molar-refractivity contribution is -0.548. The fourth-order valence-corrected chi connectivity index (χ4v) is 4.95. The average Bonchev–Trinajstić information content (AvgIpc) is 3.24. The highest BCUT2D eigenvalue weighted by molar-refractivity contribution is 6.07. The molecule has 37 heavy (non-hydrogen) atoms. The first-order valence-corrected chi connectivity index (χ1v) is 12.1. The standard InChI is InChI=1S/C27H26FN5O4/c1-33-10-11-36-13-15(33)14-37-21-12-29-9-8-17(21)24-25(30-20-5-3-4-18(28)26(20)35-2)22-23(32-24)16-6-7-19(16)31-27(22)34/h3-10,12,15-16,19H,11,13-14H2,1-2H3,(H2-,29,30,31,32,34)/p+1/t15-,16+,19-/m1/s1. The summed E-state index contributed by atoms with van der Waals surface area (Å²) in [6.07, 6.45) is 9.33. The number of halogens is 1. The van der Waals surface area contributed by atoms with Crippen LogP contribution in [0.5, 0.6) is 11.5 Å². The van der Waals surface area contributed by atoms with Gasteiger partial charge in [-0.2, -0.15) is 0 Å². The van der Waals surface area contributed by atoms with Gasteiger partial charge in [-0.3, -0.25) is 9.78 Å². The Kier molecular flexibility index (Phi) is 5.88. The first kappa shape index (κ1) is 23.2. The van der Waals surface area contributed by atoms with Gasteiger partial charge in [0.15, 0.2) is 24.4 Å². The van der Waals surface area contributed by atoms with Gasteiger partial charge >= 0.3 is 0 Å². The summed E-state index contributed by atoms with van der Waals surface area (Å²) >= 11 is 0. The van der Waals surface area contributed by atoms with Crippen LogP contribution in [0.2, 0.25) is 0 Å². The summed E-state index contributed by atoms with van der Waals surface area (Å²) in [5.74, 6) is -0.0899. The highest BCUT2D eigenvalue weighted by Gasteiger charge is 2.40. The minimum absolute atomic E-state index is 0.0196. The van der Waals surface area contributed by atoms with E-state index in [4.69, 9.17) is 14.2 Å². The highest BCUT2D eigenvalue weighted by Crippen LogP contribution is 2.46. The van der Waals surface area contributed by atoms with Crippen molar-refractivity contribution in [2.75, 3.05) is 39.3 Å². The molecule has 0 spiro atoms. The van der Waals surface area contributed by atoms with E-state index >= 15 is 0 Å². The summed E-state index contributed by atoms with van der Waals surface area (Å²) in [7, 11) is 3.40. The second-order valence-electron chi connectivity index (χ2n) is 9.24. The van der Waals surface area contributed by atoms with Gasteiger partial charge in [0.05, 0.1) is 42.0 Å². The average molecular weight is 505 g/mol. The zero-order valence-corrected chi connectivity index (χ0v) is 20.5. The van der Waals surface area contributed by atoms with E-state index in [-0.39, 0.29) is 29.7 Å². The molecule has 0 radical (unpaired) electrons. The molecule has 3 atom stereocenters. The van der Waals surface area contributed by atoms with Crippen LogP contribution < -0.4 is 20.1 Å². The number of para-hydroxylation sites is 1. The van der Waals surface area contributed by atoms with Crippen LogP contribution >= 0.6 is 0 Å². The molecule has 0 unspecified atom stereocenters. The number of pyridine rings is 1. The molecular formula is C27H27FN5O4+. The predicted molar refractivity (Wildman–Crippen MR) is 136 cm³/mol. The van der Waals surface area contributed by atoms with Gasteiger partial charge in [-0.05, 0) is 18.2 Å². The van der Waals surface area contributed by atoms with Crippen molar-refractivity contribution in [3.8, 4) is 22.8 Å². The van der Waals surface area contributed by atoms with E-state index in [1.807, 2.05) is 25.4 Å². The second-order valence-corrected chi connectivity index (χ2v) is 9.24. The van der Waals surface area contributed by atoms with Crippen LogP contribution in [0.1, 0.15) is 22.0 Å². The Bertz CT molecular complexity index is 1430. The van der Waals surface area contributed by atoms with Crippen LogP contribution in [0, 0.1) is 5.82 Å². The SMILES string of the molecule is COc1c(F)cccc1Nc1c(-c2ccncc2OC[C@H]2COCC=[N+]2C)[nH]c2c1C(=O)N[C@@H]1C=C[C@H]21. The summed E-state index contributed by atoms with van der Waals surface area (Å²) < 4.78 is 33.7. The number of likely N-dealkylation sites (N-methyl/N-ethyl adjacent to an activating group) is 1. The quantitative estimate of drug-likeness (QED) is 0.338. The van der Waals surface area contributed by atoms with Crippen LogP contribution in [0.25, 0.3) is 11.3 Å². The number of fused-ring (bicyclic) bond motifs is 3. The minimum atomic E-state index is -0.506. The number of amides is 1. The number of carbonyl (C=O) groups excluding carboxylic acids is 1. The highest BCUT2D eigenvalue weighted by atomic mass is 19.1. The zero-order valence-electron chi connectivity index (χ0n) is 20.5. The second kappa shape index (κ2) is 9.36. The number of benzene rings is 1. The topological polar surface area (TPSA) is 101 Å².